The van der Waals surface area contributed by atoms with Crippen LogP contribution in [0.4, 0.5) is 0 Å². The van der Waals surface area contributed by atoms with E-state index < -0.39 is 0 Å². The summed E-state index contributed by atoms with van der Waals surface area (Å²) in [5, 5.41) is 5.25. The van der Waals surface area contributed by atoms with Crippen molar-refractivity contribution in [1.29, 1.82) is 0 Å². The zero-order valence-electron chi connectivity index (χ0n) is 9.54. The first-order valence-corrected chi connectivity index (χ1v) is 5.35. The van der Waals surface area contributed by atoms with Crippen LogP contribution in [0.1, 0.15) is 26.2 Å². The number of hydrogen-bond acceptors (Lipinski definition) is 3. The average Bonchev–Trinajstić information content (AvgIpc) is 3.03. The molecule has 94 valence electrons. The topological polar surface area (TPSA) is 84.2 Å². The van der Waals surface area contributed by atoms with Gasteiger partial charge in [0.1, 0.15) is 0 Å². The Morgan fingerprint density at radius 1 is 1.25 bits per heavy atom. The fraction of sp³-hybridized carbons (Fsp3) is 0.800. The Bertz CT molecular complexity index is 254. The van der Waals surface area contributed by atoms with Gasteiger partial charge in [0.05, 0.1) is 13.1 Å². The van der Waals surface area contributed by atoms with Crippen LogP contribution in [0.25, 0.3) is 0 Å². The molecule has 1 saturated carbocycles. The highest BCUT2D eigenvalue weighted by atomic mass is 35.5. The second-order valence-corrected chi connectivity index (χ2v) is 4.11. The van der Waals surface area contributed by atoms with E-state index in [0.717, 1.165) is 13.0 Å². The van der Waals surface area contributed by atoms with E-state index in [4.69, 9.17) is 5.73 Å². The van der Waals surface area contributed by atoms with E-state index in [1.807, 2.05) is 0 Å². The molecule has 2 amide bonds. The molecule has 6 heteroatoms. The maximum absolute atomic E-state index is 11.3. The summed E-state index contributed by atoms with van der Waals surface area (Å²) in [7, 11) is 0. The quantitative estimate of drug-likeness (QED) is 0.609. The summed E-state index contributed by atoms with van der Waals surface area (Å²) in [5.74, 6) is -0.446. The Hall–Kier alpha value is -0.810. The number of carbonyl (C=O) groups is 2. The molecule has 0 aliphatic heterocycles. The van der Waals surface area contributed by atoms with Crippen LogP contribution in [0.3, 0.4) is 0 Å². The molecule has 0 atom stereocenters. The molecule has 4 N–H and O–H groups in total. The lowest BCUT2D eigenvalue weighted by Gasteiger charge is -2.13. The van der Waals surface area contributed by atoms with E-state index in [-0.39, 0.29) is 37.3 Å². The smallest absolute Gasteiger partial charge is 0.239 e. The van der Waals surface area contributed by atoms with Crippen molar-refractivity contribution in [1.82, 2.24) is 10.6 Å². The van der Waals surface area contributed by atoms with E-state index in [1.165, 1.54) is 12.8 Å². The van der Waals surface area contributed by atoms with Gasteiger partial charge in [-0.15, -0.1) is 12.4 Å². The van der Waals surface area contributed by atoms with Crippen molar-refractivity contribution < 1.29 is 9.59 Å². The largest absolute Gasteiger partial charge is 0.354 e. The van der Waals surface area contributed by atoms with Crippen LogP contribution in [0.5, 0.6) is 0 Å². The van der Waals surface area contributed by atoms with Crippen molar-refractivity contribution in [3.63, 3.8) is 0 Å². The van der Waals surface area contributed by atoms with Crippen molar-refractivity contribution in [3.05, 3.63) is 0 Å². The second kappa shape index (κ2) is 6.70. The highest BCUT2D eigenvalue weighted by molar-refractivity contribution is 5.85. The van der Waals surface area contributed by atoms with Gasteiger partial charge < -0.3 is 16.4 Å². The highest BCUT2D eigenvalue weighted by Gasteiger charge is 2.40. The molecule has 1 fully saturated rings. The third-order valence-corrected chi connectivity index (χ3v) is 3.00. The molecule has 1 aliphatic rings. The Kier molecular flexibility index (Phi) is 6.36. The average molecular weight is 250 g/mol. The van der Waals surface area contributed by atoms with Gasteiger partial charge in [-0.2, -0.15) is 0 Å². The van der Waals surface area contributed by atoms with Crippen molar-refractivity contribution in [3.8, 4) is 0 Å². The van der Waals surface area contributed by atoms with Crippen LogP contribution in [-0.4, -0.2) is 31.4 Å². The third kappa shape index (κ3) is 4.81. The Morgan fingerprint density at radius 2 is 1.88 bits per heavy atom. The van der Waals surface area contributed by atoms with E-state index >= 15 is 0 Å². The molecule has 1 rings (SSSR count). The predicted octanol–water partition coefficient (Wildman–Crippen LogP) is -0.210. The minimum Gasteiger partial charge on any atom is -0.354 e. The van der Waals surface area contributed by atoms with Crippen LogP contribution >= 0.6 is 12.4 Å². The summed E-state index contributed by atoms with van der Waals surface area (Å²) in [6, 6.07) is 0. The summed E-state index contributed by atoms with van der Waals surface area (Å²) in [6.07, 6.45) is 3.49. The van der Waals surface area contributed by atoms with E-state index in [2.05, 4.69) is 17.6 Å². The van der Waals surface area contributed by atoms with Gasteiger partial charge in [0.25, 0.3) is 0 Å². The van der Waals surface area contributed by atoms with Gasteiger partial charge in [-0.1, -0.05) is 6.92 Å². The maximum Gasteiger partial charge on any atom is 0.239 e. The number of nitrogens with one attached hydrogen (secondary N) is 2. The minimum absolute atomic E-state index is 0. The van der Waals surface area contributed by atoms with Crippen molar-refractivity contribution in [2.24, 2.45) is 11.1 Å². The first kappa shape index (κ1) is 15.2. The molecule has 0 spiro atoms. The van der Waals surface area contributed by atoms with Crippen LogP contribution in [-0.2, 0) is 9.59 Å². The molecule has 0 heterocycles. The van der Waals surface area contributed by atoms with Gasteiger partial charge in [-0.05, 0) is 24.7 Å². The molecule has 0 aromatic heterocycles. The van der Waals surface area contributed by atoms with Gasteiger partial charge in [0.2, 0.25) is 11.8 Å². The lowest BCUT2D eigenvalue weighted by atomic mass is 10.0. The predicted molar refractivity (Wildman–Crippen MR) is 64.3 cm³/mol. The lowest BCUT2D eigenvalue weighted by Crippen LogP contribution is -2.41. The molecule has 0 unspecified atom stereocenters. The summed E-state index contributed by atoms with van der Waals surface area (Å²) in [5.41, 5.74) is 5.43. The normalized spacial score (nSPS) is 15.9. The molecule has 16 heavy (non-hydrogen) atoms. The van der Waals surface area contributed by atoms with Crippen LogP contribution in [0.2, 0.25) is 0 Å². The zero-order valence-corrected chi connectivity index (χ0v) is 10.4. The summed E-state index contributed by atoms with van der Waals surface area (Å²) < 4.78 is 0. The Labute approximate surface area is 102 Å². The SMILES string of the molecule is CCC1(CNC(=O)CNC(=O)CN)CC1.Cl. The third-order valence-electron chi connectivity index (χ3n) is 3.00. The first-order valence-electron chi connectivity index (χ1n) is 5.35. The summed E-state index contributed by atoms with van der Waals surface area (Å²) in [4.78, 5) is 22.1. The van der Waals surface area contributed by atoms with Gasteiger partial charge >= 0.3 is 0 Å². The molecule has 0 bridgehead atoms. The molecular formula is C10H20ClN3O2. The second-order valence-electron chi connectivity index (χ2n) is 4.11. The number of amides is 2. The van der Waals surface area contributed by atoms with Gasteiger partial charge in [0.15, 0.2) is 0 Å². The Morgan fingerprint density at radius 3 is 2.31 bits per heavy atom. The van der Waals surface area contributed by atoms with E-state index in [0.29, 0.717) is 5.41 Å². The molecule has 5 nitrogen and oxygen atoms in total. The van der Waals surface area contributed by atoms with Crippen LogP contribution in [0, 0.1) is 5.41 Å². The van der Waals surface area contributed by atoms with Crippen LogP contribution < -0.4 is 16.4 Å². The minimum atomic E-state index is -0.304. The number of halogens is 1. The van der Waals surface area contributed by atoms with Gasteiger partial charge in [-0.25, -0.2) is 0 Å². The number of hydrogen-bond donors (Lipinski definition) is 3. The highest BCUT2D eigenvalue weighted by Crippen LogP contribution is 2.47. The summed E-state index contributed by atoms with van der Waals surface area (Å²) >= 11 is 0. The standard InChI is InChI=1S/C10H19N3O2.ClH/c1-2-10(3-4-10)7-13-9(15)6-12-8(14)5-11;/h2-7,11H2,1H3,(H,12,14)(H,13,15);1H. The fourth-order valence-electron chi connectivity index (χ4n) is 1.43. The van der Waals surface area contributed by atoms with Crippen molar-refractivity contribution in [2.75, 3.05) is 19.6 Å². The molecular weight excluding hydrogens is 230 g/mol. The molecule has 0 aromatic carbocycles. The Balaban J connectivity index is 0.00000225. The monoisotopic (exact) mass is 249 g/mol. The van der Waals surface area contributed by atoms with Gasteiger partial charge in [0, 0.05) is 6.54 Å². The number of nitrogens with two attached hydrogens (primary N) is 1. The lowest BCUT2D eigenvalue weighted by molar-refractivity contribution is -0.125. The van der Waals surface area contributed by atoms with Crippen molar-refractivity contribution in [2.45, 2.75) is 26.2 Å². The molecule has 0 radical (unpaired) electrons. The molecule has 0 aromatic rings. The first-order chi connectivity index (χ1) is 7.12. The van der Waals surface area contributed by atoms with Crippen LogP contribution in [0.15, 0.2) is 0 Å². The van der Waals surface area contributed by atoms with E-state index in [9.17, 15) is 9.59 Å². The maximum atomic E-state index is 11.3. The fourth-order valence-corrected chi connectivity index (χ4v) is 1.43. The molecule has 0 saturated heterocycles. The number of carbonyl (C=O) groups excluding carboxylic acids is 2. The zero-order chi connectivity index (χ0) is 11.3. The van der Waals surface area contributed by atoms with E-state index in [1.54, 1.807) is 0 Å². The number of rotatable bonds is 6. The van der Waals surface area contributed by atoms with Crippen molar-refractivity contribution >= 4 is 24.2 Å². The van der Waals surface area contributed by atoms with Gasteiger partial charge in [-0.3, -0.25) is 9.59 Å². The summed E-state index contributed by atoms with van der Waals surface area (Å²) in [6.45, 7) is 2.80. The molecule has 1 aliphatic carbocycles.